The van der Waals surface area contributed by atoms with Crippen LogP contribution in [0.3, 0.4) is 0 Å². The zero-order valence-electron chi connectivity index (χ0n) is 12.9. The number of aromatic nitrogens is 3. The second-order valence-electron chi connectivity index (χ2n) is 5.16. The lowest BCUT2D eigenvalue weighted by atomic mass is 10.1. The largest absolute Gasteiger partial charge is 0.370 e. The summed E-state index contributed by atoms with van der Waals surface area (Å²) in [7, 11) is 1.61. The van der Waals surface area contributed by atoms with Crippen LogP contribution >= 0.6 is 0 Å². The highest BCUT2D eigenvalue weighted by molar-refractivity contribution is 5.99. The zero-order chi connectivity index (χ0) is 16.1. The highest BCUT2D eigenvalue weighted by atomic mass is 16.5. The Kier molecular flexibility index (Phi) is 4.75. The maximum atomic E-state index is 12.2. The van der Waals surface area contributed by atoms with Crippen molar-refractivity contribution in [3.63, 3.8) is 0 Å². The molecular weight excluding hydrogens is 292 g/mol. The fourth-order valence-electron chi connectivity index (χ4n) is 2.34. The molecule has 0 unspecified atom stereocenters. The number of hydrogen-bond acceptors (Lipinski definition) is 5. The van der Waals surface area contributed by atoms with Gasteiger partial charge in [0.2, 0.25) is 0 Å². The molecule has 0 spiro atoms. The van der Waals surface area contributed by atoms with E-state index < -0.39 is 0 Å². The van der Waals surface area contributed by atoms with E-state index in [1.807, 2.05) is 36.5 Å². The van der Waals surface area contributed by atoms with Crippen molar-refractivity contribution in [1.82, 2.24) is 20.1 Å². The highest BCUT2D eigenvalue weighted by Crippen LogP contribution is 2.18. The number of nitrogens with zero attached hydrogens (tertiary/aromatic N) is 3. The van der Waals surface area contributed by atoms with E-state index in [2.05, 4.69) is 15.4 Å². The average Bonchev–Trinajstić information content (AvgIpc) is 3.02. The summed E-state index contributed by atoms with van der Waals surface area (Å²) in [6.45, 7) is 1.05. The van der Waals surface area contributed by atoms with Crippen molar-refractivity contribution in [1.29, 1.82) is 0 Å². The molecule has 3 rings (SSSR count). The van der Waals surface area contributed by atoms with Crippen LogP contribution in [0.4, 0.5) is 0 Å². The molecule has 1 aromatic carbocycles. The second kappa shape index (κ2) is 7.13. The molecule has 0 aliphatic carbocycles. The van der Waals surface area contributed by atoms with Crippen molar-refractivity contribution in [3.8, 4) is 5.69 Å². The van der Waals surface area contributed by atoms with Crippen LogP contribution in [0, 0.1) is 0 Å². The maximum absolute atomic E-state index is 12.2. The van der Waals surface area contributed by atoms with E-state index >= 15 is 0 Å². The Morgan fingerprint density at radius 3 is 3.04 bits per heavy atom. The lowest BCUT2D eigenvalue weighted by Crippen LogP contribution is -2.20. The van der Waals surface area contributed by atoms with E-state index in [0.29, 0.717) is 25.3 Å². The SMILES string of the molecule is COCNCCC(=O)c1ccc2nn(-c3cccnc3)cc2c1. The van der Waals surface area contributed by atoms with Crippen LogP contribution in [0.25, 0.3) is 16.6 Å². The van der Waals surface area contributed by atoms with Crippen LogP contribution < -0.4 is 5.32 Å². The quantitative estimate of drug-likeness (QED) is 0.411. The first-order valence-corrected chi connectivity index (χ1v) is 7.40. The van der Waals surface area contributed by atoms with E-state index in [1.54, 1.807) is 24.2 Å². The number of hydrogen-bond donors (Lipinski definition) is 1. The van der Waals surface area contributed by atoms with Gasteiger partial charge in [-0.15, -0.1) is 0 Å². The van der Waals surface area contributed by atoms with Gasteiger partial charge in [0.25, 0.3) is 0 Å². The molecule has 2 heterocycles. The van der Waals surface area contributed by atoms with E-state index in [4.69, 9.17) is 4.74 Å². The number of methoxy groups -OCH3 is 1. The van der Waals surface area contributed by atoms with Crippen LogP contribution in [-0.2, 0) is 4.74 Å². The van der Waals surface area contributed by atoms with Gasteiger partial charge in [-0.2, -0.15) is 5.10 Å². The minimum atomic E-state index is 0.102. The third-order valence-electron chi connectivity index (χ3n) is 3.51. The summed E-state index contributed by atoms with van der Waals surface area (Å²) in [5, 5.41) is 8.47. The van der Waals surface area contributed by atoms with Gasteiger partial charge >= 0.3 is 0 Å². The molecule has 0 saturated heterocycles. The fourth-order valence-corrected chi connectivity index (χ4v) is 2.34. The average molecular weight is 310 g/mol. The number of rotatable bonds is 7. The van der Waals surface area contributed by atoms with Crippen molar-refractivity contribution < 1.29 is 9.53 Å². The normalized spacial score (nSPS) is 11.0. The standard InChI is InChI=1S/C17H18N4O2/c1-23-12-19-8-6-17(22)13-4-5-16-14(9-13)11-21(20-16)15-3-2-7-18-10-15/h2-5,7,9-11,19H,6,8,12H2,1H3. The summed E-state index contributed by atoms with van der Waals surface area (Å²) in [5.74, 6) is 0.102. The second-order valence-corrected chi connectivity index (χ2v) is 5.16. The molecule has 0 aliphatic heterocycles. The number of carbonyl (C=O) groups is 1. The Bertz CT molecular complexity index is 799. The van der Waals surface area contributed by atoms with Crippen LogP contribution in [-0.4, -0.2) is 40.9 Å². The van der Waals surface area contributed by atoms with E-state index in [-0.39, 0.29) is 5.78 Å². The first kappa shape index (κ1) is 15.3. The van der Waals surface area contributed by atoms with Crippen molar-refractivity contribution >= 4 is 16.7 Å². The number of fused-ring (bicyclic) bond motifs is 1. The monoisotopic (exact) mass is 310 g/mol. The van der Waals surface area contributed by atoms with E-state index in [9.17, 15) is 4.79 Å². The summed E-state index contributed by atoms with van der Waals surface area (Å²) >= 11 is 0. The predicted octanol–water partition coefficient (Wildman–Crippen LogP) is 2.19. The van der Waals surface area contributed by atoms with Crippen LogP contribution in [0.2, 0.25) is 0 Å². The number of carbonyl (C=O) groups excluding carboxylic acids is 1. The van der Waals surface area contributed by atoms with Gasteiger partial charge in [0.05, 0.1) is 24.1 Å². The minimum Gasteiger partial charge on any atom is -0.370 e. The minimum absolute atomic E-state index is 0.102. The molecule has 0 saturated carbocycles. The third kappa shape index (κ3) is 3.61. The number of Topliss-reactive ketones (excluding diaryl/α,β-unsaturated/α-hetero) is 1. The smallest absolute Gasteiger partial charge is 0.164 e. The van der Waals surface area contributed by atoms with Gasteiger partial charge in [0.15, 0.2) is 5.78 Å². The third-order valence-corrected chi connectivity index (χ3v) is 3.51. The summed E-state index contributed by atoms with van der Waals surface area (Å²) < 4.78 is 6.66. The predicted molar refractivity (Wildman–Crippen MR) is 87.7 cm³/mol. The lowest BCUT2D eigenvalue weighted by Gasteiger charge is -2.03. The van der Waals surface area contributed by atoms with Crippen LogP contribution in [0.1, 0.15) is 16.8 Å². The van der Waals surface area contributed by atoms with Gasteiger partial charge in [-0.3, -0.25) is 15.1 Å². The first-order chi connectivity index (χ1) is 11.3. The summed E-state index contributed by atoms with van der Waals surface area (Å²) in [6, 6.07) is 9.38. The zero-order valence-corrected chi connectivity index (χ0v) is 12.9. The van der Waals surface area contributed by atoms with Crippen molar-refractivity contribution in [2.24, 2.45) is 0 Å². The highest BCUT2D eigenvalue weighted by Gasteiger charge is 2.09. The van der Waals surface area contributed by atoms with E-state index in [0.717, 1.165) is 16.6 Å². The Morgan fingerprint density at radius 1 is 1.35 bits per heavy atom. The molecule has 0 fully saturated rings. The number of nitrogens with one attached hydrogen (secondary N) is 1. The molecule has 6 heteroatoms. The van der Waals surface area contributed by atoms with E-state index in [1.165, 1.54) is 0 Å². The number of pyridine rings is 1. The molecule has 0 amide bonds. The molecule has 6 nitrogen and oxygen atoms in total. The topological polar surface area (TPSA) is 69.0 Å². The molecular formula is C17H18N4O2. The summed E-state index contributed by atoms with van der Waals surface area (Å²) in [5.41, 5.74) is 2.44. The molecule has 0 radical (unpaired) electrons. The molecule has 0 aliphatic rings. The van der Waals surface area contributed by atoms with Crippen molar-refractivity contribution in [3.05, 3.63) is 54.5 Å². The van der Waals surface area contributed by atoms with Gasteiger partial charge < -0.3 is 4.74 Å². The first-order valence-electron chi connectivity index (χ1n) is 7.40. The summed E-state index contributed by atoms with van der Waals surface area (Å²) in [4.78, 5) is 16.3. The summed E-state index contributed by atoms with van der Waals surface area (Å²) in [6.07, 6.45) is 5.82. The fraction of sp³-hybridized carbons (Fsp3) is 0.235. The van der Waals surface area contributed by atoms with Crippen LogP contribution in [0.5, 0.6) is 0 Å². The molecule has 1 N–H and O–H groups in total. The van der Waals surface area contributed by atoms with Gasteiger partial charge in [-0.1, -0.05) is 0 Å². The van der Waals surface area contributed by atoms with Crippen molar-refractivity contribution in [2.45, 2.75) is 6.42 Å². The number of ether oxygens (including phenoxy) is 1. The molecule has 118 valence electrons. The number of ketones is 1. The molecule has 3 aromatic rings. The Labute approximate surface area is 134 Å². The van der Waals surface area contributed by atoms with Crippen LogP contribution in [0.15, 0.2) is 48.9 Å². The number of benzene rings is 1. The van der Waals surface area contributed by atoms with Crippen molar-refractivity contribution in [2.75, 3.05) is 20.4 Å². The molecule has 23 heavy (non-hydrogen) atoms. The van der Waals surface area contributed by atoms with Gasteiger partial charge in [0.1, 0.15) is 0 Å². The van der Waals surface area contributed by atoms with Gasteiger partial charge in [-0.05, 0) is 30.3 Å². The molecule has 2 aromatic heterocycles. The Balaban J connectivity index is 1.78. The molecule has 0 bridgehead atoms. The maximum Gasteiger partial charge on any atom is 0.164 e. The lowest BCUT2D eigenvalue weighted by molar-refractivity contribution is 0.0976. The Hall–Kier alpha value is -2.57. The molecule has 0 atom stereocenters. The Morgan fingerprint density at radius 2 is 2.26 bits per heavy atom. The van der Waals surface area contributed by atoms with Gasteiger partial charge in [0, 0.05) is 43.4 Å². The van der Waals surface area contributed by atoms with Gasteiger partial charge in [-0.25, -0.2) is 4.68 Å².